The normalized spacial score (nSPS) is 31.7. The van der Waals surface area contributed by atoms with E-state index in [2.05, 4.69) is 10.6 Å². The molecule has 2 saturated heterocycles. The van der Waals surface area contributed by atoms with Crippen molar-refractivity contribution in [3.8, 4) is 0 Å². The maximum atomic E-state index is 12.7. The van der Waals surface area contributed by atoms with Crippen molar-refractivity contribution in [2.24, 2.45) is 0 Å². The predicted octanol–water partition coefficient (Wildman–Crippen LogP) is -1.95. The Morgan fingerprint density at radius 1 is 0.578 bits per heavy atom. The van der Waals surface area contributed by atoms with Gasteiger partial charge in [-0.3, -0.25) is 9.59 Å². The first kappa shape index (κ1) is 34.8. The van der Waals surface area contributed by atoms with Gasteiger partial charge in [-0.2, -0.15) is 0 Å². The van der Waals surface area contributed by atoms with E-state index in [-0.39, 0.29) is 11.8 Å². The molecule has 2 aromatic rings. The number of nitrogens with one attached hydrogen (secondary N) is 2. The fraction of sp³-hybridized carbons (Fsp3) is 0.548. The maximum absolute atomic E-state index is 12.7. The van der Waals surface area contributed by atoms with Gasteiger partial charge >= 0.3 is 0 Å². The zero-order valence-corrected chi connectivity index (χ0v) is 24.6. The van der Waals surface area contributed by atoms with Crippen molar-refractivity contribution < 1.29 is 59.9 Å². The van der Waals surface area contributed by atoms with Gasteiger partial charge in [0.2, 0.25) is 0 Å². The van der Waals surface area contributed by atoms with Crippen LogP contribution in [0, 0.1) is 0 Å². The number of unbranched alkanes of at least 4 members (excludes halogenated alkanes) is 2. The summed E-state index contributed by atoms with van der Waals surface area (Å²) < 4.78 is 11.1. The highest BCUT2D eigenvalue weighted by molar-refractivity contribution is 5.94. The van der Waals surface area contributed by atoms with E-state index in [1.165, 1.54) is 12.1 Å². The Hall–Kier alpha value is -3.02. The molecule has 2 fully saturated rings. The SMILES string of the molecule is O=C(NCCCCCNC(=O)c1cccc(C2OC(CO)C(O)C(O)C2O)c1)c1cccc(C2OC(CO)C(O)C(O)C2O)c1. The van der Waals surface area contributed by atoms with Crippen molar-refractivity contribution in [2.45, 2.75) is 80.3 Å². The van der Waals surface area contributed by atoms with Gasteiger partial charge in [-0.05, 0) is 54.7 Å². The number of amides is 2. The minimum absolute atomic E-state index is 0.308. The summed E-state index contributed by atoms with van der Waals surface area (Å²) in [7, 11) is 0. The Morgan fingerprint density at radius 3 is 1.36 bits per heavy atom. The van der Waals surface area contributed by atoms with E-state index in [0.29, 0.717) is 54.6 Å². The molecule has 0 aliphatic carbocycles. The third-order valence-corrected chi connectivity index (χ3v) is 8.16. The molecule has 2 aromatic carbocycles. The zero-order valence-electron chi connectivity index (χ0n) is 24.6. The molecule has 0 radical (unpaired) electrons. The lowest BCUT2D eigenvalue weighted by Crippen LogP contribution is -2.55. The van der Waals surface area contributed by atoms with Crippen LogP contribution in [0.3, 0.4) is 0 Å². The number of benzene rings is 2. The van der Waals surface area contributed by atoms with E-state index in [1.807, 2.05) is 0 Å². The van der Waals surface area contributed by atoms with Crippen LogP contribution in [0.1, 0.15) is 63.3 Å². The molecule has 0 spiro atoms. The van der Waals surface area contributed by atoms with Crippen LogP contribution in [0.4, 0.5) is 0 Å². The first-order chi connectivity index (χ1) is 21.6. The van der Waals surface area contributed by atoms with Gasteiger partial charge in [0.25, 0.3) is 11.8 Å². The summed E-state index contributed by atoms with van der Waals surface area (Å²) in [6.07, 6.45) is -11.1. The van der Waals surface area contributed by atoms with Crippen LogP contribution in [-0.2, 0) is 9.47 Å². The zero-order chi connectivity index (χ0) is 32.7. The van der Waals surface area contributed by atoms with Gasteiger partial charge in [0, 0.05) is 24.2 Å². The van der Waals surface area contributed by atoms with E-state index in [0.717, 1.165) is 0 Å². The van der Waals surface area contributed by atoms with Gasteiger partial charge in [-0.15, -0.1) is 0 Å². The minimum Gasteiger partial charge on any atom is -0.394 e. The molecule has 2 aliphatic heterocycles. The van der Waals surface area contributed by atoms with Crippen LogP contribution >= 0.6 is 0 Å². The number of aliphatic hydroxyl groups is 8. The number of carbonyl (C=O) groups is 2. The molecule has 14 heteroatoms. The van der Waals surface area contributed by atoms with E-state index < -0.39 is 74.3 Å². The van der Waals surface area contributed by atoms with Crippen molar-refractivity contribution in [1.29, 1.82) is 0 Å². The van der Waals surface area contributed by atoms with Gasteiger partial charge < -0.3 is 61.0 Å². The second-order valence-electron chi connectivity index (χ2n) is 11.3. The number of hydrogen-bond donors (Lipinski definition) is 10. The molecule has 2 amide bonds. The monoisotopic (exact) mass is 634 g/mol. The summed E-state index contributed by atoms with van der Waals surface area (Å²) in [5, 5.41) is 85.4. The van der Waals surface area contributed by atoms with Crippen molar-refractivity contribution in [1.82, 2.24) is 10.6 Å². The van der Waals surface area contributed by atoms with E-state index in [4.69, 9.17) is 9.47 Å². The molecule has 10 unspecified atom stereocenters. The number of carbonyl (C=O) groups excluding carboxylic acids is 2. The molecule has 10 N–H and O–H groups in total. The Balaban J connectivity index is 1.19. The third kappa shape index (κ3) is 8.23. The second kappa shape index (κ2) is 16.0. The fourth-order valence-corrected chi connectivity index (χ4v) is 5.50. The molecule has 0 aromatic heterocycles. The van der Waals surface area contributed by atoms with Gasteiger partial charge in [0.15, 0.2) is 0 Å². The smallest absolute Gasteiger partial charge is 0.251 e. The fourth-order valence-electron chi connectivity index (χ4n) is 5.50. The Bertz CT molecular complexity index is 1180. The van der Waals surface area contributed by atoms with Crippen molar-refractivity contribution >= 4 is 11.8 Å². The molecular weight excluding hydrogens is 592 g/mol. The average Bonchev–Trinajstić information content (AvgIpc) is 3.06. The van der Waals surface area contributed by atoms with Crippen LogP contribution in [0.15, 0.2) is 48.5 Å². The number of ether oxygens (including phenoxy) is 2. The molecule has 248 valence electrons. The first-order valence-electron chi connectivity index (χ1n) is 14.9. The highest BCUT2D eigenvalue weighted by atomic mass is 16.6. The molecule has 0 bridgehead atoms. The number of hydrogen-bond acceptors (Lipinski definition) is 12. The number of aliphatic hydroxyl groups excluding tert-OH is 8. The molecule has 14 nitrogen and oxygen atoms in total. The summed E-state index contributed by atoms with van der Waals surface area (Å²) in [4.78, 5) is 25.4. The second-order valence-corrected chi connectivity index (χ2v) is 11.3. The summed E-state index contributed by atoms with van der Waals surface area (Å²) in [6.45, 7) is -0.357. The molecule has 10 atom stereocenters. The summed E-state index contributed by atoms with van der Waals surface area (Å²) in [5.74, 6) is -0.706. The Kier molecular flexibility index (Phi) is 12.4. The summed E-state index contributed by atoms with van der Waals surface area (Å²) in [5.41, 5.74) is 1.44. The predicted molar refractivity (Wildman–Crippen MR) is 157 cm³/mol. The standard InChI is InChI=1S/C31H42N2O12/c34-14-20-22(36)24(38)26(40)28(44-20)16-6-4-8-18(12-16)30(42)32-10-2-1-3-11-33-31(43)19-9-5-7-17(13-19)29-27(41)25(39)23(37)21(15-35)45-29/h4-9,12-13,20-29,34-41H,1-3,10-11,14-15H2,(H,32,42)(H,33,43). The van der Waals surface area contributed by atoms with Crippen LogP contribution in [0.5, 0.6) is 0 Å². The Morgan fingerprint density at radius 2 is 0.978 bits per heavy atom. The summed E-state index contributed by atoms with van der Waals surface area (Å²) >= 11 is 0. The molecule has 4 rings (SSSR count). The van der Waals surface area contributed by atoms with Gasteiger partial charge in [-0.1, -0.05) is 24.3 Å². The largest absolute Gasteiger partial charge is 0.394 e. The van der Waals surface area contributed by atoms with Crippen LogP contribution < -0.4 is 10.6 Å². The van der Waals surface area contributed by atoms with Gasteiger partial charge in [0.1, 0.15) is 61.0 Å². The lowest BCUT2D eigenvalue weighted by Gasteiger charge is -2.40. The van der Waals surface area contributed by atoms with Crippen molar-refractivity contribution in [3.63, 3.8) is 0 Å². The maximum Gasteiger partial charge on any atom is 0.251 e. The molecule has 2 aliphatic rings. The summed E-state index contributed by atoms with van der Waals surface area (Å²) in [6, 6.07) is 12.7. The van der Waals surface area contributed by atoms with Gasteiger partial charge in [-0.25, -0.2) is 0 Å². The molecule has 2 heterocycles. The molecule has 45 heavy (non-hydrogen) atoms. The van der Waals surface area contributed by atoms with Crippen LogP contribution in [0.2, 0.25) is 0 Å². The van der Waals surface area contributed by atoms with Crippen molar-refractivity contribution in [2.75, 3.05) is 26.3 Å². The topological polar surface area (TPSA) is 238 Å². The Labute approximate surface area is 259 Å². The van der Waals surface area contributed by atoms with Crippen LogP contribution in [0.25, 0.3) is 0 Å². The molecule has 0 saturated carbocycles. The van der Waals surface area contributed by atoms with Crippen LogP contribution in [-0.4, -0.2) is 128 Å². The van der Waals surface area contributed by atoms with E-state index in [1.54, 1.807) is 36.4 Å². The number of rotatable bonds is 12. The quantitative estimate of drug-likeness (QED) is 0.115. The highest BCUT2D eigenvalue weighted by Crippen LogP contribution is 2.34. The lowest BCUT2D eigenvalue weighted by atomic mass is 9.90. The molecular formula is C31H42N2O12. The van der Waals surface area contributed by atoms with Crippen molar-refractivity contribution in [3.05, 3.63) is 70.8 Å². The lowest BCUT2D eigenvalue weighted by molar-refractivity contribution is -0.231. The third-order valence-electron chi connectivity index (χ3n) is 8.16. The van der Waals surface area contributed by atoms with Gasteiger partial charge in [0.05, 0.1) is 13.2 Å². The van der Waals surface area contributed by atoms with E-state index in [9.17, 15) is 50.4 Å². The first-order valence-corrected chi connectivity index (χ1v) is 14.9. The minimum atomic E-state index is -1.52. The van der Waals surface area contributed by atoms with E-state index >= 15 is 0 Å². The average molecular weight is 635 g/mol. The highest BCUT2D eigenvalue weighted by Gasteiger charge is 2.45.